The lowest BCUT2D eigenvalue weighted by Gasteiger charge is -2.39. The van der Waals surface area contributed by atoms with Crippen LogP contribution in [0.2, 0.25) is 0 Å². The molecule has 0 amide bonds. The first kappa shape index (κ1) is 17.4. The summed E-state index contributed by atoms with van der Waals surface area (Å²) in [6.45, 7) is 10.5. The number of anilines is 1. The van der Waals surface area contributed by atoms with E-state index in [2.05, 4.69) is 38.7 Å². The molecule has 2 fully saturated rings. The Morgan fingerprint density at radius 3 is 2.46 bits per heavy atom. The highest BCUT2D eigenvalue weighted by Gasteiger charge is 2.50. The van der Waals surface area contributed by atoms with E-state index in [0.29, 0.717) is 16.9 Å². The topological polar surface area (TPSA) is 34.6 Å². The van der Waals surface area contributed by atoms with Crippen LogP contribution in [0.5, 0.6) is 11.5 Å². The van der Waals surface area contributed by atoms with Gasteiger partial charge in [-0.3, -0.25) is 0 Å². The fourth-order valence-corrected chi connectivity index (χ4v) is 5.67. The van der Waals surface area contributed by atoms with Gasteiger partial charge in [-0.15, -0.1) is 0 Å². The summed E-state index contributed by atoms with van der Waals surface area (Å²) >= 11 is 0. The zero-order valence-electron chi connectivity index (χ0n) is 16.8. The number of nitrogens with zero attached hydrogens (tertiary/aromatic N) is 2. The molecule has 2 atom stereocenters. The van der Waals surface area contributed by atoms with E-state index in [9.17, 15) is 0 Å². The largest absolute Gasteiger partial charge is 0.496 e. The van der Waals surface area contributed by atoms with Crippen molar-refractivity contribution in [1.82, 2.24) is 4.98 Å². The van der Waals surface area contributed by atoms with E-state index in [1.165, 1.54) is 24.8 Å². The van der Waals surface area contributed by atoms with Gasteiger partial charge >= 0.3 is 0 Å². The molecule has 26 heavy (non-hydrogen) atoms. The zero-order chi connectivity index (χ0) is 18.7. The van der Waals surface area contributed by atoms with Crippen molar-refractivity contribution in [2.24, 2.45) is 10.8 Å². The van der Waals surface area contributed by atoms with Gasteiger partial charge in [-0.25, -0.2) is 4.98 Å². The van der Waals surface area contributed by atoms with Crippen molar-refractivity contribution in [3.05, 3.63) is 23.8 Å². The number of aryl methyl sites for hydroxylation is 1. The molecule has 1 aliphatic heterocycles. The van der Waals surface area contributed by atoms with Gasteiger partial charge in [-0.05, 0) is 60.8 Å². The molecule has 0 N–H and O–H groups in total. The third kappa shape index (κ3) is 2.70. The van der Waals surface area contributed by atoms with E-state index in [0.717, 1.165) is 34.8 Å². The summed E-state index contributed by atoms with van der Waals surface area (Å²) in [4.78, 5) is 7.60. The van der Waals surface area contributed by atoms with Crippen molar-refractivity contribution < 1.29 is 9.47 Å². The summed E-state index contributed by atoms with van der Waals surface area (Å²) in [5, 5.41) is 1.05. The molecule has 140 valence electrons. The molecular formula is C22H30N2O2. The molecule has 4 nitrogen and oxygen atoms in total. The normalized spacial score (nSPS) is 27.0. The van der Waals surface area contributed by atoms with E-state index < -0.39 is 0 Å². The fourth-order valence-electron chi connectivity index (χ4n) is 5.67. The van der Waals surface area contributed by atoms with Crippen LogP contribution in [0.3, 0.4) is 0 Å². The number of methoxy groups -OCH3 is 2. The molecule has 0 spiro atoms. The summed E-state index contributed by atoms with van der Waals surface area (Å²) in [6, 6.07) is 6.71. The molecule has 1 aromatic heterocycles. The van der Waals surface area contributed by atoms with E-state index in [1.807, 2.05) is 12.1 Å². The van der Waals surface area contributed by atoms with Crippen molar-refractivity contribution in [3.8, 4) is 11.5 Å². The third-order valence-corrected chi connectivity index (χ3v) is 6.22. The summed E-state index contributed by atoms with van der Waals surface area (Å²) in [7, 11) is 3.42. The number of ether oxygens (including phenoxy) is 2. The average molecular weight is 354 g/mol. The van der Waals surface area contributed by atoms with Crippen LogP contribution in [-0.2, 0) is 0 Å². The maximum atomic E-state index is 5.60. The quantitative estimate of drug-likeness (QED) is 0.780. The van der Waals surface area contributed by atoms with Crippen LogP contribution in [0.4, 0.5) is 5.82 Å². The van der Waals surface area contributed by atoms with E-state index in [1.54, 1.807) is 14.2 Å². The highest BCUT2D eigenvalue weighted by atomic mass is 16.5. The van der Waals surface area contributed by atoms with Gasteiger partial charge in [0.2, 0.25) is 0 Å². The number of hydrogen-bond acceptors (Lipinski definition) is 4. The van der Waals surface area contributed by atoms with Crippen LogP contribution >= 0.6 is 0 Å². The Bertz CT molecular complexity index is 861. The molecule has 1 aromatic carbocycles. The first-order valence-electron chi connectivity index (χ1n) is 9.54. The van der Waals surface area contributed by atoms with Crippen LogP contribution in [0.1, 0.15) is 45.6 Å². The Morgan fingerprint density at radius 2 is 1.77 bits per heavy atom. The van der Waals surface area contributed by atoms with Crippen LogP contribution < -0.4 is 14.4 Å². The first-order chi connectivity index (χ1) is 12.3. The molecule has 2 heterocycles. The minimum Gasteiger partial charge on any atom is -0.496 e. The highest BCUT2D eigenvalue weighted by molar-refractivity contribution is 5.94. The van der Waals surface area contributed by atoms with Gasteiger partial charge in [0.1, 0.15) is 22.8 Å². The van der Waals surface area contributed by atoms with Crippen molar-refractivity contribution in [2.45, 2.75) is 53.0 Å². The molecule has 4 rings (SSSR count). The lowest BCUT2D eigenvalue weighted by Crippen LogP contribution is -2.35. The lowest BCUT2D eigenvalue weighted by molar-refractivity contribution is 0.136. The van der Waals surface area contributed by atoms with Crippen LogP contribution in [0.15, 0.2) is 18.2 Å². The van der Waals surface area contributed by atoms with Gasteiger partial charge < -0.3 is 14.4 Å². The number of fused-ring (bicyclic) bond motifs is 3. The SMILES string of the molecule is COc1ccc(OC)c2c(C)cc(N3C[C@@]4(C)C[C@H]3CC(C)(C)C4)nc12. The summed E-state index contributed by atoms with van der Waals surface area (Å²) in [6.07, 6.45) is 3.79. The van der Waals surface area contributed by atoms with Gasteiger partial charge in [0.05, 0.1) is 14.2 Å². The standard InChI is InChI=1S/C22H30N2O2/c1-14-9-18(23-20-17(26-6)8-7-16(25-5)19(14)20)24-13-22(4)11-15(24)10-21(2,3)12-22/h7-9,15H,10-13H2,1-6H3/t15-,22+/m1/s1. The van der Waals surface area contributed by atoms with E-state index in [-0.39, 0.29) is 0 Å². The Balaban J connectivity index is 1.84. The van der Waals surface area contributed by atoms with Gasteiger partial charge in [-0.2, -0.15) is 0 Å². The van der Waals surface area contributed by atoms with Crippen molar-refractivity contribution in [3.63, 3.8) is 0 Å². The van der Waals surface area contributed by atoms with Crippen molar-refractivity contribution >= 4 is 16.7 Å². The Kier molecular flexibility index (Phi) is 3.87. The van der Waals surface area contributed by atoms with Crippen molar-refractivity contribution in [1.29, 1.82) is 0 Å². The molecule has 2 aromatic rings. The van der Waals surface area contributed by atoms with E-state index in [4.69, 9.17) is 14.5 Å². The Morgan fingerprint density at radius 1 is 1.08 bits per heavy atom. The van der Waals surface area contributed by atoms with Gasteiger partial charge in [0.25, 0.3) is 0 Å². The second kappa shape index (κ2) is 5.77. The summed E-state index contributed by atoms with van der Waals surface area (Å²) in [5.41, 5.74) is 2.87. The number of hydrogen-bond donors (Lipinski definition) is 0. The Hall–Kier alpha value is -1.97. The monoisotopic (exact) mass is 354 g/mol. The smallest absolute Gasteiger partial charge is 0.145 e. The predicted octanol–water partition coefficient (Wildman–Crippen LogP) is 4.97. The van der Waals surface area contributed by atoms with Gasteiger partial charge in [-0.1, -0.05) is 20.8 Å². The predicted molar refractivity (Wildman–Crippen MR) is 106 cm³/mol. The maximum Gasteiger partial charge on any atom is 0.145 e. The third-order valence-electron chi connectivity index (χ3n) is 6.22. The molecule has 1 aliphatic carbocycles. The van der Waals surface area contributed by atoms with Gasteiger partial charge in [0.15, 0.2) is 0 Å². The van der Waals surface area contributed by atoms with Crippen molar-refractivity contribution in [2.75, 3.05) is 25.7 Å². The average Bonchev–Trinajstić information content (AvgIpc) is 2.82. The van der Waals surface area contributed by atoms with Crippen LogP contribution in [-0.4, -0.2) is 31.8 Å². The number of pyridine rings is 1. The molecule has 1 saturated heterocycles. The first-order valence-corrected chi connectivity index (χ1v) is 9.54. The van der Waals surface area contributed by atoms with E-state index >= 15 is 0 Å². The second-order valence-corrected chi connectivity index (χ2v) is 9.33. The Labute approximate surface area is 156 Å². The summed E-state index contributed by atoms with van der Waals surface area (Å²) < 4.78 is 11.2. The molecule has 1 saturated carbocycles. The molecule has 0 unspecified atom stereocenters. The molecule has 2 bridgehead atoms. The molecule has 2 aliphatic rings. The van der Waals surface area contributed by atoms with Crippen LogP contribution in [0.25, 0.3) is 10.9 Å². The number of aromatic nitrogens is 1. The van der Waals surface area contributed by atoms with Gasteiger partial charge in [0, 0.05) is 18.0 Å². The number of rotatable bonds is 3. The summed E-state index contributed by atoms with van der Waals surface area (Å²) in [5.74, 6) is 2.73. The minimum absolute atomic E-state index is 0.384. The lowest BCUT2D eigenvalue weighted by atomic mass is 9.65. The maximum absolute atomic E-state index is 5.60. The second-order valence-electron chi connectivity index (χ2n) is 9.33. The van der Waals surface area contributed by atoms with Crippen LogP contribution in [0, 0.1) is 17.8 Å². The fraction of sp³-hybridized carbons (Fsp3) is 0.591. The molecule has 0 radical (unpaired) electrons. The number of benzene rings is 1. The molecular weight excluding hydrogens is 324 g/mol. The minimum atomic E-state index is 0.384. The highest BCUT2D eigenvalue weighted by Crippen LogP contribution is 2.53. The zero-order valence-corrected chi connectivity index (χ0v) is 16.8. The molecule has 4 heteroatoms.